The third-order valence-electron chi connectivity index (χ3n) is 4.10. The minimum atomic E-state index is -0.442. The molecule has 1 fully saturated rings. The van der Waals surface area contributed by atoms with Gasteiger partial charge in [0, 0.05) is 26.3 Å². The molecule has 4 nitrogen and oxygen atoms in total. The highest BCUT2D eigenvalue weighted by Gasteiger charge is 2.16. The van der Waals surface area contributed by atoms with E-state index in [0.29, 0.717) is 13.2 Å². The standard InChI is InChI=1S/C18H29NO3/c1-3-15-4-6-16(7-5-15)12-19(2)13-17(20)14-22-18-8-10-21-11-9-18/h4-7,17-18,20H,3,8-14H2,1-2H3. The Labute approximate surface area is 134 Å². The summed E-state index contributed by atoms with van der Waals surface area (Å²) in [7, 11) is 2.03. The van der Waals surface area contributed by atoms with Gasteiger partial charge in [0.2, 0.25) is 0 Å². The van der Waals surface area contributed by atoms with Crippen molar-refractivity contribution in [3.8, 4) is 0 Å². The molecule has 0 aromatic heterocycles. The molecule has 1 N–H and O–H groups in total. The summed E-state index contributed by atoms with van der Waals surface area (Å²) in [6.07, 6.45) is 2.75. The van der Waals surface area contributed by atoms with Crippen LogP contribution in [0.5, 0.6) is 0 Å². The third kappa shape index (κ3) is 6.05. The summed E-state index contributed by atoms with van der Waals surface area (Å²) in [6, 6.07) is 8.68. The van der Waals surface area contributed by atoms with Crippen LogP contribution in [-0.4, -0.2) is 55.6 Å². The zero-order valence-electron chi connectivity index (χ0n) is 13.8. The highest BCUT2D eigenvalue weighted by atomic mass is 16.5. The fourth-order valence-electron chi connectivity index (χ4n) is 2.76. The molecule has 0 amide bonds. The fraction of sp³-hybridized carbons (Fsp3) is 0.667. The molecule has 0 saturated carbocycles. The Kier molecular flexibility index (Phi) is 7.33. The summed E-state index contributed by atoms with van der Waals surface area (Å²) in [5.74, 6) is 0. The van der Waals surface area contributed by atoms with E-state index in [4.69, 9.17) is 9.47 Å². The van der Waals surface area contributed by atoms with Crippen LogP contribution < -0.4 is 0 Å². The Hall–Kier alpha value is -0.940. The van der Waals surface area contributed by atoms with E-state index in [9.17, 15) is 5.11 Å². The zero-order valence-corrected chi connectivity index (χ0v) is 13.8. The first-order valence-electron chi connectivity index (χ1n) is 8.31. The molecule has 2 rings (SSSR count). The van der Waals surface area contributed by atoms with E-state index in [1.165, 1.54) is 11.1 Å². The van der Waals surface area contributed by atoms with E-state index >= 15 is 0 Å². The molecule has 1 unspecified atom stereocenters. The van der Waals surface area contributed by atoms with Gasteiger partial charge in [0.1, 0.15) is 0 Å². The number of rotatable bonds is 8. The van der Waals surface area contributed by atoms with Crippen LogP contribution in [0.25, 0.3) is 0 Å². The number of nitrogens with zero attached hydrogens (tertiary/aromatic N) is 1. The van der Waals surface area contributed by atoms with Gasteiger partial charge < -0.3 is 14.6 Å². The van der Waals surface area contributed by atoms with Crippen molar-refractivity contribution in [3.05, 3.63) is 35.4 Å². The second kappa shape index (κ2) is 9.26. The van der Waals surface area contributed by atoms with Crippen molar-refractivity contribution in [3.63, 3.8) is 0 Å². The molecule has 0 bridgehead atoms. The molecule has 1 aromatic carbocycles. The highest BCUT2D eigenvalue weighted by molar-refractivity contribution is 5.22. The van der Waals surface area contributed by atoms with E-state index in [1.54, 1.807) is 0 Å². The van der Waals surface area contributed by atoms with E-state index in [1.807, 2.05) is 7.05 Å². The number of likely N-dealkylation sites (N-methyl/N-ethyl adjacent to an activating group) is 1. The lowest BCUT2D eigenvalue weighted by atomic mass is 10.1. The van der Waals surface area contributed by atoms with Crippen molar-refractivity contribution in [1.29, 1.82) is 0 Å². The minimum Gasteiger partial charge on any atom is -0.389 e. The molecule has 1 aliphatic rings. The first-order valence-corrected chi connectivity index (χ1v) is 8.31. The molecular weight excluding hydrogens is 278 g/mol. The predicted molar refractivity (Wildman–Crippen MR) is 88.0 cm³/mol. The lowest BCUT2D eigenvalue weighted by molar-refractivity contribution is -0.0634. The van der Waals surface area contributed by atoms with Gasteiger partial charge in [0.25, 0.3) is 0 Å². The Morgan fingerprint density at radius 2 is 1.86 bits per heavy atom. The van der Waals surface area contributed by atoms with Gasteiger partial charge in [-0.05, 0) is 37.4 Å². The van der Waals surface area contributed by atoms with Gasteiger partial charge in [0.05, 0.1) is 18.8 Å². The number of hydrogen-bond donors (Lipinski definition) is 1. The molecule has 124 valence electrons. The van der Waals surface area contributed by atoms with Crippen molar-refractivity contribution in [2.75, 3.05) is 33.4 Å². The molecular formula is C18H29NO3. The number of benzene rings is 1. The number of aryl methyl sites for hydroxylation is 1. The topological polar surface area (TPSA) is 41.9 Å². The van der Waals surface area contributed by atoms with Crippen LogP contribution in [0.1, 0.15) is 30.9 Å². The lowest BCUT2D eigenvalue weighted by Gasteiger charge is -2.25. The Balaban J connectivity index is 1.67. The number of ether oxygens (including phenoxy) is 2. The van der Waals surface area contributed by atoms with Gasteiger partial charge in [-0.15, -0.1) is 0 Å². The van der Waals surface area contributed by atoms with Gasteiger partial charge in [-0.1, -0.05) is 31.2 Å². The summed E-state index contributed by atoms with van der Waals surface area (Å²) >= 11 is 0. The lowest BCUT2D eigenvalue weighted by Crippen LogP contribution is -2.34. The summed E-state index contributed by atoms with van der Waals surface area (Å²) in [4.78, 5) is 2.14. The Morgan fingerprint density at radius 1 is 1.23 bits per heavy atom. The molecule has 0 radical (unpaired) electrons. The highest BCUT2D eigenvalue weighted by Crippen LogP contribution is 2.11. The molecule has 1 heterocycles. The van der Waals surface area contributed by atoms with Crippen molar-refractivity contribution in [2.24, 2.45) is 0 Å². The maximum absolute atomic E-state index is 10.1. The van der Waals surface area contributed by atoms with Crippen molar-refractivity contribution in [2.45, 2.75) is 44.9 Å². The van der Waals surface area contributed by atoms with Crippen LogP contribution in [0, 0.1) is 0 Å². The number of hydrogen-bond acceptors (Lipinski definition) is 4. The van der Waals surface area contributed by atoms with E-state index in [2.05, 4.69) is 36.1 Å². The molecule has 4 heteroatoms. The van der Waals surface area contributed by atoms with E-state index < -0.39 is 6.10 Å². The number of aliphatic hydroxyl groups excluding tert-OH is 1. The summed E-state index contributed by atoms with van der Waals surface area (Å²) in [5.41, 5.74) is 2.63. The van der Waals surface area contributed by atoms with Gasteiger partial charge in [-0.2, -0.15) is 0 Å². The second-order valence-electron chi connectivity index (χ2n) is 6.17. The molecule has 0 aliphatic carbocycles. The van der Waals surface area contributed by atoms with Gasteiger partial charge in [0.15, 0.2) is 0 Å². The predicted octanol–water partition coefficient (Wildman–Crippen LogP) is 2.24. The summed E-state index contributed by atoms with van der Waals surface area (Å²) in [5, 5.41) is 10.1. The third-order valence-corrected chi connectivity index (χ3v) is 4.10. The second-order valence-corrected chi connectivity index (χ2v) is 6.17. The van der Waals surface area contributed by atoms with Crippen molar-refractivity contribution >= 4 is 0 Å². The van der Waals surface area contributed by atoms with Crippen LogP contribution in [0.15, 0.2) is 24.3 Å². The Bertz CT molecular complexity index is 415. The van der Waals surface area contributed by atoms with E-state index in [0.717, 1.165) is 39.0 Å². The smallest absolute Gasteiger partial charge is 0.0900 e. The maximum Gasteiger partial charge on any atom is 0.0900 e. The molecule has 1 aromatic rings. The zero-order chi connectivity index (χ0) is 15.8. The minimum absolute atomic E-state index is 0.246. The average Bonchev–Trinajstić information content (AvgIpc) is 2.54. The first-order chi connectivity index (χ1) is 10.7. The Morgan fingerprint density at radius 3 is 2.50 bits per heavy atom. The molecule has 0 spiro atoms. The normalized spacial score (nSPS) is 17.8. The van der Waals surface area contributed by atoms with E-state index in [-0.39, 0.29) is 6.10 Å². The van der Waals surface area contributed by atoms with Crippen molar-refractivity contribution in [1.82, 2.24) is 4.90 Å². The fourth-order valence-corrected chi connectivity index (χ4v) is 2.76. The van der Waals surface area contributed by atoms with Crippen LogP contribution >= 0.6 is 0 Å². The van der Waals surface area contributed by atoms with Gasteiger partial charge >= 0.3 is 0 Å². The molecule has 1 saturated heterocycles. The first kappa shape index (κ1) is 17.4. The van der Waals surface area contributed by atoms with Crippen LogP contribution in [0.2, 0.25) is 0 Å². The quantitative estimate of drug-likeness (QED) is 0.800. The maximum atomic E-state index is 10.1. The number of aliphatic hydroxyl groups is 1. The molecule has 1 atom stereocenters. The molecule has 1 aliphatic heterocycles. The summed E-state index contributed by atoms with van der Waals surface area (Å²) < 4.78 is 11.1. The van der Waals surface area contributed by atoms with Crippen LogP contribution in [0.3, 0.4) is 0 Å². The average molecular weight is 307 g/mol. The molecule has 22 heavy (non-hydrogen) atoms. The van der Waals surface area contributed by atoms with Crippen molar-refractivity contribution < 1.29 is 14.6 Å². The summed E-state index contributed by atoms with van der Waals surface area (Å²) in [6.45, 7) is 5.58. The van der Waals surface area contributed by atoms with Gasteiger partial charge in [-0.25, -0.2) is 0 Å². The van der Waals surface area contributed by atoms with Crippen LogP contribution in [0.4, 0.5) is 0 Å². The largest absolute Gasteiger partial charge is 0.389 e. The van der Waals surface area contributed by atoms with Crippen LogP contribution in [-0.2, 0) is 22.4 Å². The SMILES string of the molecule is CCc1ccc(CN(C)CC(O)COC2CCOCC2)cc1. The van der Waals surface area contributed by atoms with Gasteiger partial charge in [-0.3, -0.25) is 4.90 Å². The monoisotopic (exact) mass is 307 g/mol.